The summed E-state index contributed by atoms with van der Waals surface area (Å²) in [7, 11) is -2.28. The minimum absolute atomic E-state index is 0.0884. The summed E-state index contributed by atoms with van der Waals surface area (Å²) in [4.78, 5) is 8.56. The molecule has 2 heterocycles. The first-order chi connectivity index (χ1) is 12.0. The second-order valence-corrected chi connectivity index (χ2v) is 8.34. The second-order valence-electron chi connectivity index (χ2n) is 6.66. The molecule has 2 fully saturated rings. The molecule has 2 aromatic rings. The van der Waals surface area contributed by atoms with Crippen LogP contribution in [0.4, 0.5) is 0 Å². The topological polar surface area (TPSA) is 107 Å². The SMILES string of the molecule is COc1ccc(S(=O)(=O)NC2(c3noc(C4CC4)n3)CCCC2)cn1. The Morgan fingerprint density at radius 3 is 2.64 bits per heavy atom. The van der Waals surface area contributed by atoms with E-state index >= 15 is 0 Å². The van der Waals surface area contributed by atoms with E-state index < -0.39 is 15.6 Å². The molecule has 134 valence electrons. The Bertz CT molecular complexity index is 853. The fourth-order valence-corrected chi connectivity index (χ4v) is 4.60. The van der Waals surface area contributed by atoms with E-state index in [2.05, 4.69) is 19.8 Å². The Kier molecular flexibility index (Phi) is 3.99. The van der Waals surface area contributed by atoms with Crippen LogP contribution in [0.3, 0.4) is 0 Å². The van der Waals surface area contributed by atoms with E-state index in [4.69, 9.17) is 9.26 Å². The molecule has 0 bridgehead atoms. The lowest BCUT2D eigenvalue weighted by atomic mass is 9.98. The number of ether oxygens (including phenoxy) is 1. The molecular formula is C16H20N4O4S. The highest BCUT2D eigenvalue weighted by molar-refractivity contribution is 7.89. The van der Waals surface area contributed by atoms with E-state index in [1.54, 1.807) is 0 Å². The number of nitrogens with zero attached hydrogens (tertiary/aromatic N) is 3. The normalized spacial score (nSPS) is 19.9. The molecule has 2 aromatic heterocycles. The van der Waals surface area contributed by atoms with Crippen molar-refractivity contribution in [2.75, 3.05) is 7.11 Å². The van der Waals surface area contributed by atoms with Crippen LogP contribution in [0.25, 0.3) is 0 Å². The van der Waals surface area contributed by atoms with Crippen molar-refractivity contribution in [3.63, 3.8) is 0 Å². The van der Waals surface area contributed by atoms with Gasteiger partial charge in [0, 0.05) is 12.0 Å². The van der Waals surface area contributed by atoms with Crippen LogP contribution < -0.4 is 9.46 Å². The molecular weight excluding hydrogens is 344 g/mol. The third-order valence-corrected chi connectivity index (χ3v) is 6.33. The average molecular weight is 364 g/mol. The fraction of sp³-hybridized carbons (Fsp3) is 0.562. The second kappa shape index (κ2) is 6.06. The zero-order chi connectivity index (χ0) is 17.5. The maximum Gasteiger partial charge on any atom is 0.243 e. The number of hydrogen-bond donors (Lipinski definition) is 1. The van der Waals surface area contributed by atoms with Crippen molar-refractivity contribution in [3.05, 3.63) is 30.0 Å². The van der Waals surface area contributed by atoms with Gasteiger partial charge in [0.2, 0.25) is 21.8 Å². The summed E-state index contributed by atoms with van der Waals surface area (Å²) in [5.74, 6) is 1.76. The van der Waals surface area contributed by atoms with E-state index in [9.17, 15) is 8.42 Å². The quantitative estimate of drug-likeness (QED) is 0.836. The van der Waals surface area contributed by atoms with Crippen molar-refractivity contribution < 1.29 is 17.7 Å². The summed E-state index contributed by atoms with van der Waals surface area (Å²) >= 11 is 0. The van der Waals surface area contributed by atoms with Gasteiger partial charge in [-0.15, -0.1) is 0 Å². The van der Waals surface area contributed by atoms with Crippen molar-refractivity contribution in [3.8, 4) is 5.88 Å². The molecule has 0 radical (unpaired) electrons. The van der Waals surface area contributed by atoms with Crippen molar-refractivity contribution >= 4 is 10.0 Å². The molecule has 0 aromatic carbocycles. The van der Waals surface area contributed by atoms with Gasteiger partial charge in [-0.2, -0.15) is 9.71 Å². The summed E-state index contributed by atoms with van der Waals surface area (Å²) < 4.78 is 38.8. The van der Waals surface area contributed by atoms with Crippen molar-refractivity contribution in [2.45, 2.75) is 54.9 Å². The third-order valence-electron chi connectivity index (χ3n) is 4.81. The molecule has 2 aliphatic carbocycles. The first-order valence-corrected chi connectivity index (χ1v) is 9.89. The molecule has 4 rings (SSSR count). The smallest absolute Gasteiger partial charge is 0.243 e. The van der Waals surface area contributed by atoms with Gasteiger partial charge >= 0.3 is 0 Å². The maximum absolute atomic E-state index is 12.8. The van der Waals surface area contributed by atoms with Gasteiger partial charge in [-0.1, -0.05) is 18.0 Å². The maximum atomic E-state index is 12.8. The minimum atomic E-state index is -3.76. The Labute approximate surface area is 146 Å². The lowest BCUT2D eigenvalue weighted by Crippen LogP contribution is -2.44. The molecule has 1 N–H and O–H groups in total. The van der Waals surface area contributed by atoms with Crippen LogP contribution in [-0.4, -0.2) is 30.7 Å². The number of pyridine rings is 1. The lowest BCUT2D eigenvalue weighted by molar-refractivity contribution is 0.333. The molecule has 8 nitrogen and oxygen atoms in total. The zero-order valence-corrected chi connectivity index (χ0v) is 14.8. The largest absolute Gasteiger partial charge is 0.481 e. The highest BCUT2D eigenvalue weighted by atomic mass is 32.2. The summed E-state index contributed by atoms with van der Waals surface area (Å²) in [6, 6.07) is 3.00. The minimum Gasteiger partial charge on any atom is -0.481 e. The summed E-state index contributed by atoms with van der Waals surface area (Å²) in [5, 5.41) is 4.09. The fourth-order valence-electron chi connectivity index (χ4n) is 3.24. The predicted molar refractivity (Wildman–Crippen MR) is 87.5 cm³/mol. The van der Waals surface area contributed by atoms with E-state index in [1.807, 2.05) is 0 Å². The van der Waals surface area contributed by atoms with Crippen LogP contribution in [-0.2, 0) is 15.6 Å². The van der Waals surface area contributed by atoms with Crippen LogP contribution in [0.5, 0.6) is 5.88 Å². The van der Waals surface area contributed by atoms with E-state index in [0.29, 0.717) is 36.4 Å². The zero-order valence-electron chi connectivity index (χ0n) is 13.9. The Morgan fingerprint density at radius 2 is 2.04 bits per heavy atom. The van der Waals surface area contributed by atoms with Crippen LogP contribution in [0.2, 0.25) is 0 Å². The van der Waals surface area contributed by atoms with Gasteiger partial charge in [0.1, 0.15) is 4.90 Å². The standard InChI is InChI=1S/C16H20N4O4S/c1-23-13-7-6-12(10-17-13)25(21,22)20-16(8-2-3-9-16)15-18-14(24-19-15)11-4-5-11/h6-7,10-11,20H,2-5,8-9H2,1H3. The van der Waals surface area contributed by atoms with Crippen LogP contribution >= 0.6 is 0 Å². The molecule has 2 aliphatic rings. The summed E-state index contributed by atoms with van der Waals surface area (Å²) in [6.07, 6.45) is 6.53. The molecule has 0 amide bonds. The number of sulfonamides is 1. The number of methoxy groups -OCH3 is 1. The Balaban J connectivity index is 1.63. The highest BCUT2D eigenvalue weighted by Crippen LogP contribution is 2.42. The Hall–Kier alpha value is -2.00. The number of aromatic nitrogens is 3. The van der Waals surface area contributed by atoms with Gasteiger partial charge in [-0.25, -0.2) is 13.4 Å². The van der Waals surface area contributed by atoms with Crippen LogP contribution in [0, 0.1) is 0 Å². The van der Waals surface area contributed by atoms with Crippen molar-refractivity contribution in [2.24, 2.45) is 0 Å². The monoisotopic (exact) mass is 364 g/mol. The van der Waals surface area contributed by atoms with E-state index in [-0.39, 0.29) is 4.90 Å². The van der Waals surface area contributed by atoms with Crippen molar-refractivity contribution in [1.29, 1.82) is 0 Å². The van der Waals surface area contributed by atoms with E-state index in [0.717, 1.165) is 25.7 Å². The molecule has 0 saturated heterocycles. The molecule has 0 unspecified atom stereocenters. The first kappa shape index (κ1) is 16.5. The van der Waals surface area contributed by atoms with E-state index in [1.165, 1.54) is 25.4 Å². The van der Waals surface area contributed by atoms with Gasteiger partial charge in [0.05, 0.1) is 18.8 Å². The molecule has 0 spiro atoms. The summed E-state index contributed by atoms with van der Waals surface area (Å²) in [6.45, 7) is 0. The van der Waals surface area contributed by atoms with Gasteiger partial charge in [0.15, 0.2) is 5.82 Å². The molecule has 9 heteroatoms. The van der Waals surface area contributed by atoms with Crippen molar-refractivity contribution in [1.82, 2.24) is 19.8 Å². The predicted octanol–water partition coefficient (Wildman–Crippen LogP) is 2.10. The number of nitrogens with one attached hydrogen (secondary N) is 1. The van der Waals surface area contributed by atoms with Crippen LogP contribution in [0.15, 0.2) is 27.7 Å². The van der Waals surface area contributed by atoms with Gasteiger partial charge in [0.25, 0.3) is 0 Å². The lowest BCUT2D eigenvalue weighted by Gasteiger charge is -2.26. The number of rotatable bonds is 6. The van der Waals surface area contributed by atoms with Gasteiger partial charge in [-0.3, -0.25) is 0 Å². The van der Waals surface area contributed by atoms with Gasteiger partial charge in [-0.05, 0) is 31.7 Å². The highest BCUT2D eigenvalue weighted by Gasteiger charge is 2.44. The molecule has 0 aliphatic heterocycles. The summed E-state index contributed by atoms with van der Waals surface area (Å²) in [5.41, 5.74) is -0.810. The third kappa shape index (κ3) is 3.13. The number of hydrogen-bond acceptors (Lipinski definition) is 7. The first-order valence-electron chi connectivity index (χ1n) is 8.40. The molecule has 2 saturated carbocycles. The average Bonchev–Trinajstić information content (AvgIpc) is 3.15. The molecule has 25 heavy (non-hydrogen) atoms. The van der Waals surface area contributed by atoms with Crippen LogP contribution in [0.1, 0.15) is 56.2 Å². The Morgan fingerprint density at radius 1 is 1.28 bits per heavy atom. The molecule has 0 atom stereocenters. The van der Waals surface area contributed by atoms with Gasteiger partial charge < -0.3 is 9.26 Å².